The molecular weight excluding hydrogens is 331 g/mol. The second-order valence-electron chi connectivity index (χ2n) is 5.23. The van der Waals surface area contributed by atoms with Crippen molar-refractivity contribution in [3.63, 3.8) is 0 Å². The molecule has 1 N–H and O–H groups in total. The van der Waals surface area contributed by atoms with Gasteiger partial charge in [0, 0.05) is 12.6 Å². The largest absolute Gasteiger partial charge is 0.307 e. The van der Waals surface area contributed by atoms with Crippen molar-refractivity contribution in [1.82, 2.24) is 20.3 Å². The summed E-state index contributed by atoms with van der Waals surface area (Å²) in [4.78, 5) is 0. The van der Waals surface area contributed by atoms with E-state index in [0.29, 0.717) is 24.3 Å². The first-order chi connectivity index (χ1) is 10.4. The van der Waals surface area contributed by atoms with Crippen LogP contribution in [0.25, 0.3) is 5.69 Å². The molecule has 1 aliphatic heterocycles. The van der Waals surface area contributed by atoms with E-state index in [9.17, 15) is 12.8 Å². The Labute approximate surface area is 132 Å². The van der Waals surface area contributed by atoms with Crippen LogP contribution < -0.4 is 5.32 Å². The first-order valence-electron chi connectivity index (χ1n) is 6.73. The van der Waals surface area contributed by atoms with Gasteiger partial charge in [-0.3, -0.25) is 0 Å². The summed E-state index contributed by atoms with van der Waals surface area (Å²) in [6.07, 6.45) is 2.31. The van der Waals surface area contributed by atoms with E-state index in [1.165, 1.54) is 16.8 Å². The molecule has 9 heteroatoms. The van der Waals surface area contributed by atoms with Crippen molar-refractivity contribution in [2.75, 3.05) is 11.5 Å². The molecule has 0 aliphatic carbocycles. The molecule has 3 rings (SSSR count). The molecule has 0 bridgehead atoms. The number of hydrogen-bond acceptors (Lipinski definition) is 5. The fourth-order valence-corrected chi connectivity index (χ4v) is 4.22. The lowest BCUT2D eigenvalue weighted by Gasteiger charge is -2.07. The van der Waals surface area contributed by atoms with Gasteiger partial charge in [-0.2, -0.15) is 0 Å². The molecule has 1 fully saturated rings. The SMILES string of the molecule is O=S1(=O)CC[C@@H](NCc2cn(-c3ccc(F)c(Cl)c3)nn2)C1. The molecular formula is C13H14ClFN4O2S. The van der Waals surface area contributed by atoms with Crippen molar-refractivity contribution in [3.8, 4) is 5.69 Å². The van der Waals surface area contributed by atoms with Crippen molar-refractivity contribution in [2.45, 2.75) is 19.0 Å². The lowest BCUT2D eigenvalue weighted by molar-refractivity contribution is 0.548. The minimum absolute atomic E-state index is 0.0174. The van der Waals surface area contributed by atoms with Crippen molar-refractivity contribution in [2.24, 2.45) is 0 Å². The summed E-state index contributed by atoms with van der Waals surface area (Å²) in [6, 6.07) is 4.24. The summed E-state index contributed by atoms with van der Waals surface area (Å²) in [6.45, 7) is 0.426. The Morgan fingerprint density at radius 2 is 2.27 bits per heavy atom. The molecule has 0 unspecified atom stereocenters. The highest BCUT2D eigenvalue weighted by atomic mass is 35.5. The van der Waals surface area contributed by atoms with Gasteiger partial charge in [0.05, 0.1) is 34.1 Å². The zero-order chi connectivity index (χ0) is 15.7. The quantitative estimate of drug-likeness (QED) is 0.905. The molecule has 118 valence electrons. The monoisotopic (exact) mass is 344 g/mol. The molecule has 6 nitrogen and oxygen atoms in total. The highest BCUT2D eigenvalue weighted by Crippen LogP contribution is 2.18. The topological polar surface area (TPSA) is 76.9 Å². The Balaban J connectivity index is 1.65. The summed E-state index contributed by atoms with van der Waals surface area (Å²) in [7, 11) is -2.90. The summed E-state index contributed by atoms with van der Waals surface area (Å²) in [5, 5.41) is 11.1. The van der Waals surface area contributed by atoms with Crippen LogP contribution in [-0.4, -0.2) is 41.0 Å². The molecule has 0 spiro atoms. The Bertz CT molecular complexity index is 793. The molecule has 1 atom stereocenters. The van der Waals surface area contributed by atoms with Gasteiger partial charge in [0.25, 0.3) is 0 Å². The Morgan fingerprint density at radius 3 is 2.95 bits per heavy atom. The number of hydrogen-bond donors (Lipinski definition) is 1. The number of nitrogens with one attached hydrogen (secondary N) is 1. The zero-order valence-electron chi connectivity index (χ0n) is 11.5. The van der Waals surface area contributed by atoms with Gasteiger partial charge in [0.2, 0.25) is 0 Å². The van der Waals surface area contributed by atoms with E-state index in [-0.39, 0.29) is 22.6 Å². The minimum atomic E-state index is -2.90. The fraction of sp³-hybridized carbons (Fsp3) is 0.385. The third-order valence-electron chi connectivity index (χ3n) is 3.51. The average molecular weight is 345 g/mol. The predicted octanol–water partition coefficient (Wildman–Crippen LogP) is 1.34. The van der Waals surface area contributed by atoms with E-state index in [4.69, 9.17) is 11.6 Å². The van der Waals surface area contributed by atoms with Crippen LogP contribution in [0.2, 0.25) is 5.02 Å². The van der Waals surface area contributed by atoms with Crippen LogP contribution in [0.5, 0.6) is 0 Å². The summed E-state index contributed by atoms with van der Waals surface area (Å²) in [5.74, 6) is -0.102. The van der Waals surface area contributed by atoms with Crippen molar-refractivity contribution in [1.29, 1.82) is 0 Å². The minimum Gasteiger partial charge on any atom is -0.307 e. The summed E-state index contributed by atoms with van der Waals surface area (Å²) < 4.78 is 37.4. The van der Waals surface area contributed by atoms with E-state index in [1.807, 2.05) is 0 Å². The van der Waals surface area contributed by atoms with Crippen LogP contribution in [0.3, 0.4) is 0 Å². The fourth-order valence-electron chi connectivity index (χ4n) is 2.34. The standard InChI is InChI=1S/C13H14ClFN4O2S/c14-12-5-11(1-2-13(12)15)19-7-10(17-18-19)6-16-9-3-4-22(20,21)8-9/h1-2,5,7,9,16H,3-4,6,8H2/t9-/m1/s1. The number of sulfone groups is 1. The third-order valence-corrected chi connectivity index (χ3v) is 5.57. The maximum atomic E-state index is 13.1. The van der Waals surface area contributed by atoms with Crippen LogP contribution in [-0.2, 0) is 16.4 Å². The van der Waals surface area contributed by atoms with Gasteiger partial charge in [0.15, 0.2) is 9.84 Å². The van der Waals surface area contributed by atoms with E-state index in [2.05, 4.69) is 15.6 Å². The van der Waals surface area contributed by atoms with Gasteiger partial charge in [-0.15, -0.1) is 5.10 Å². The van der Waals surface area contributed by atoms with Crippen LogP contribution in [0.1, 0.15) is 12.1 Å². The lowest BCUT2D eigenvalue weighted by Crippen LogP contribution is -2.29. The first-order valence-corrected chi connectivity index (χ1v) is 8.93. The third kappa shape index (κ3) is 3.45. The Hall–Kier alpha value is -1.51. The number of aromatic nitrogens is 3. The smallest absolute Gasteiger partial charge is 0.151 e. The molecule has 0 amide bonds. The van der Waals surface area contributed by atoms with Crippen LogP contribution in [0.4, 0.5) is 4.39 Å². The van der Waals surface area contributed by atoms with Gasteiger partial charge in [-0.25, -0.2) is 17.5 Å². The first kappa shape index (κ1) is 15.4. The van der Waals surface area contributed by atoms with Crippen LogP contribution in [0.15, 0.2) is 24.4 Å². The predicted molar refractivity (Wildman–Crippen MR) is 80.2 cm³/mol. The number of rotatable bonds is 4. The van der Waals surface area contributed by atoms with E-state index >= 15 is 0 Å². The van der Waals surface area contributed by atoms with Gasteiger partial charge >= 0.3 is 0 Å². The molecule has 0 saturated carbocycles. The van der Waals surface area contributed by atoms with Crippen molar-refractivity contribution in [3.05, 3.63) is 40.9 Å². The maximum Gasteiger partial charge on any atom is 0.151 e. The number of benzene rings is 1. The van der Waals surface area contributed by atoms with Gasteiger partial charge in [0.1, 0.15) is 5.82 Å². The van der Waals surface area contributed by atoms with E-state index in [0.717, 1.165) is 0 Å². The van der Waals surface area contributed by atoms with E-state index < -0.39 is 15.7 Å². The molecule has 22 heavy (non-hydrogen) atoms. The normalized spacial score (nSPS) is 20.4. The lowest BCUT2D eigenvalue weighted by atomic mass is 10.2. The molecule has 1 saturated heterocycles. The molecule has 1 aromatic heterocycles. The van der Waals surface area contributed by atoms with E-state index in [1.54, 1.807) is 12.3 Å². The molecule has 2 heterocycles. The van der Waals surface area contributed by atoms with Crippen LogP contribution >= 0.6 is 11.6 Å². The zero-order valence-corrected chi connectivity index (χ0v) is 13.1. The average Bonchev–Trinajstić information content (AvgIpc) is 3.06. The second kappa shape index (κ2) is 5.94. The number of halogens is 2. The van der Waals surface area contributed by atoms with Gasteiger partial charge in [-0.05, 0) is 24.6 Å². The molecule has 1 aliphatic rings. The molecule has 2 aromatic rings. The summed E-state index contributed by atoms with van der Waals surface area (Å²) in [5.41, 5.74) is 1.28. The molecule has 0 radical (unpaired) electrons. The van der Waals surface area contributed by atoms with Gasteiger partial charge < -0.3 is 5.32 Å². The molecule has 1 aromatic carbocycles. The Morgan fingerprint density at radius 1 is 1.45 bits per heavy atom. The second-order valence-corrected chi connectivity index (χ2v) is 7.87. The van der Waals surface area contributed by atoms with Crippen LogP contribution in [0, 0.1) is 5.82 Å². The number of nitrogens with zero attached hydrogens (tertiary/aromatic N) is 3. The highest BCUT2D eigenvalue weighted by Gasteiger charge is 2.27. The van der Waals surface area contributed by atoms with Crippen molar-refractivity contribution >= 4 is 21.4 Å². The highest BCUT2D eigenvalue weighted by molar-refractivity contribution is 7.91. The van der Waals surface area contributed by atoms with Gasteiger partial charge in [-0.1, -0.05) is 16.8 Å². The summed E-state index contributed by atoms with van der Waals surface area (Å²) >= 11 is 5.74. The maximum absolute atomic E-state index is 13.1. The van der Waals surface area contributed by atoms with Crippen molar-refractivity contribution < 1.29 is 12.8 Å². The Kier molecular flexibility index (Phi) is 4.16.